The van der Waals surface area contributed by atoms with E-state index >= 15 is 0 Å². The van der Waals surface area contributed by atoms with E-state index in [1.165, 1.54) is 17.7 Å². The number of aryl methyl sites for hydroxylation is 2. The van der Waals surface area contributed by atoms with Gasteiger partial charge in [-0.05, 0) is 49.6 Å². The Kier molecular flexibility index (Phi) is 4.50. The first-order chi connectivity index (χ1) is 9.49. The van der Waals surface area contributed by atoms with Gasteiger partial charge in [0.1, 0.15) is 11.6 Å². The summed E-state index contributed by atoms with van der Waals surface area (Å²) in [5, 5.41) is 3.24. The topological polar surface area (TPSA) is 12.0 Å². The number of halogens is 2. The lowest BCUT2D eigenvalue weighted by Crippen LogP contribution is -2.20. The molecule has 1 nitrogen and oxygen atoms in total. The van der Waals surface area contributed by atoms with Gasteiger partial charge in [0.2, 0.25) is 0 Å². The van der Waals surface area contributed by atoms with E-state index < -0.39 is 0 Å². The molecule has 0 bridgehead atoms. The van der Waals surface area contributed by atoms with Gasteiger partial charge in [-0.15, -0.1) is 0 Å². The molecule has 2 aromatic carbocycles. The lowest BCUT2D eigenvalue weighted by atomic mass is 10.0. The number of hydrogen-bond donors (Lipinski definition) is 1. The van der Waals surface area contributed by atoms with Crippen LogP contribution in [0.3, 0.4) is 0 Å². The SMILES string of the molecule is Cc1cc(F)c(C(C)NCc2ccccc2C)cc1F. The first kappa shape index (κ1) is 14.7. The van der Waals surface area contributed by atoms with Crippen molar-refractivity contribution in [2.24, 2.45) is 0 Å². The predicted molar refractivity (Wildman–Crippen MR) is 77.5 cm³/mol. The van der Waals surface area contributed by atoms with Gasteiger partial charge < -0.3 is 5.32 Å². The lowest BCUT2D eigenvalue weighted by molar-refractivity contribution is 0.516. The molecular formula is C17H19F2N. The summed E-state index contributed by atoms with van der Waals surface area (Å²) in [7, 11) is 0. The summed E-state index contributed by atoms with van der Waals surface area (Å²) >= 11 is 0. The molecule has 1 N–H and O–H groups in total. The third-order valence-corrected chi connectivity index (χ3v) is 3.60. The number of rotatable bonds is 4. The summed E-state index contributed by atoms with van der Waals surface area (Å²) in [6.45, 7) is 6.07. The van der Waals surface area contributed by atoms with Gasteiger partial charge in [-0.2, -0.15) is 0 Å². The van der Waals surface area contributed by atoms with E-state index in [0.29, 0.717) is 17.7 Å². The molecule has 20 heavy (non-hydrogen) atoms. The van der Waals surface area contributed by atoms with Crippen LogP contribution in [0.15, 0.2) is 36.4 Å². The van der Waals surface area contributed by atoms with Crippen LogP contribution < -0.4 is 5.32 Å². The Hall–Kier alpha value is -1.74. The maximum absolute atomic E-state index is 13.9. The van der Waals surface area contributed by atoms with Gasteiger partial charge in [-0.3, -0.25) is 0 Å². The van der Waals surface area contributed by atoms with E-state index in [2.05, 4.69) is 5.32 Å². The molecule has 0 spiro atoms. The Labute approximate surface area is 118 Å². The fraction of sp³-hybridized carbons (Fsp3) is 0.294. The molecule has 106 valence electrons. The molecule has 2 rings (SSSR count). The Morgan fingerprint density at radius 1 is 1.00 bits per heavy atom. The molecule has 0 amide bonds. The van der Waals surface area contributed by atoms with Crippen molar-refractivity contribution in [2.75, 3.05) is 0 Å². The largest absolute Gasteiger partial charge is 0.306 e. The van der Waals surface area contributed by atoms with E-state index in [0.717, 1.165) is 5.56 Å². The van der Waals surface area contributed by atoms with E-state index in [9.17, 15) is 8.78 Å². The fourth-order valence-corrected chi connectivity index (χ4v) is 2.17. The molecule has 0 radical (unpaired) electrons. The standard InChI is InChI=1S/C17H19F2N/c1-11-6-4-5-7-14(11)10-20-13(3)15-9-16(18)12(2)8-17(15)19/h4-9,13,20H,10H2,1-3H3. The molecule has 2 aromatic rings. The highest BCUT2D eigenvalue weighted by Crippen LogP contribution is 2.21. The summed E-state index contributed by atoms with van der Waals surface area (Å²) in [5.74, 6) is -0.736. The molecular weight excluding hydrogens is 256 g/mol. The Balaban J connectivity index is 2.11. The van der Waals surface area contributed by atoms with Crippen molar-refractivity contribution in [1.82, 2.24) is 5.32 Å². The molecule has 0 aliphatic rings. The summed E-state index contributed by atoms with van der Waals surface area (Å²) in [5.41, 5.74) is 3.04. The van der Waals surface area contributed by atoms with Crippen LogP contribution in [0.4, 0.5) is 8.78 Å². The minimum Gasteiger partial charge on any atom is -0.306 e. The quantitative estimate of drug-likeness (QED) is 0.870. The van der Waals surface area contributed by atoms with Crippen LogP contribution in [0.25, 0.3) is 0 Å². The maximum atomic E-state index is 13.9. The second-order valence-corrected chi connectivity index (χ2v) is 5.15. The summed E-state index contributed by atoms with van der Waals surface area (Å²) < 4.78 is 27.4. The minimum absolute atomic E-state index is 0.246. The zero-order valence-electron chi connectivity index (χ0n) is 12.0. The highest BCUT2D eigenvalue weighted by Gasteiger charge is 2.13. The first-order valence-electron chi connectivity index (χ1n) is 6.72. The Morgan fingerprint density at radius 2 is 1.70 bits per heavy atom. The molecule has 0 saturated heterocycles. The van der Waals surface area contributed by atoms with Crippen molar-refractivity contribution in [3.8, 4) is 0 Å². The van der Waals surface area contributed by atoms with Crippen molar-refractivity contribution < 1.29 is 8.78 Å². The van der Waals surface area contributed by atoms with Gasteiger partial charge in [0.25, 0.3) is 0 Å². The van der Waals surface area contributed by atoms with Gasteiger partial charge in [-0.25, -0.2) is 8.78 Å². The maximum Gasteiger partial charge on any atom is 0.128 e. The minimum atomic E-state index is -0.369. The summed E-state index contributed by atoms with van der Waals surface area (Å²) in [6, 6.07) is 10.3. The average molecular weight is 275 g/mol. The molecule has 1 atom stereocenters. The Bertz CT molecular complexity index is 608. The van der Waals surface area contributed by atoms with Gasteiger partial charge in [0.05, 0.1) is 0 Å². The van der Waals surface area contributed by atoms with Crippen molar-refractivity contribution in [2.45, 2.75) is 33.4 Å². The third kappa shape index (κ3) is 3.23. The third-order valence-electron chi connectivity index (χ3n) is 3.60. The van der Waals surface area contributed by atoms with Crippen molar-refractivity contribution in [3.63, 3.8) is 0 Å². The van der Waals surface area contributed by atoms with E-state index in [1.54, 1.807) is 6.92 Å². The normalized spacial score (nSPS) is 12.4. The van der Waals surface area contributed by atoms with Crippen LogP contribution in [0.2, 0.25) is 0 Å². The van der Waals surface area contributed by atoms with Gasteiger partial charge in [0, 0.05) is 18.2 Å². The Morgan fingerprint density at radius 3 is 2.40 bits per heavy atom. The number of hydrogen-bond acceptors (Lipinski definition) is 1. The predicted octanol–water partition coefficient (Wildman–Crippen LogP) is 4.43. The summed E-state index contributed by atoms with van der Waals surface area (Å²) in [4.78, 5) is 0. The highest BCUT2D eigenvalue weighted by molar-refractivity contribution is 5.28. The van der Waals surface area contributed by atoms with Gasteiger partial charge in [0.15, 0.2) is 0 Å². The van der Waals surface area contributed by atoms with Crippen LogP contribution in [0.1, 0.15) is 35.2 Å². The average Bonchev–Trinajstić information content (AvgIpc) is 2.41. The first-order valence-corrected chi connectivity index (χ1v) is 6.72. The monoisotopic (exact) mass is 275 g/mol. The van der Waals surface area contributed by atoms with Crippen molar-refractivity contribution in [1.29, 1.82) is 0 Å². The molecule has 1 unspecified atom stereocenters. The second kappa shape index (κ2) is 6.14. The van der Waals surface area contributed by atoms with E-state index in [1.807, 2.05) is 38.1 Å². The molecule has 0 aliphatic heterocycles. The van der Waals surface area contributed by atoms with Crippen LogP contribution in [-0.4, -0.2) is 0 Å². The molecule has 0 aromatic heterocycles. The molecule has 0 aliphatic carbocycles. The zero-order valence-corrected chi connectivity index (χ0v) is 12.0. The molecule has 0 heterocycles. The van der Waals surface area contributed by atoms with E-state index in [-0.39, 0.29) is 17.7 Å². The van der Waals surface area contributed by atoms with E-state index in [4.69, 9.17) is 0 Å². The van der Waals surface area contributed by atoms with Crippen LogP contribution in [0, 0.1) is 25.5 Å². The number of nitrogens with one attached hydrogen (secondary N) is 1. The molecule has 0 saturated carbocycles. The van der Waals surface area contributed by atoms with Crippen molar-refractivity contribution >= 4 is 0 Å². The highest BCUT2D eigenvalue weighted by atomic mass is 19.1. The second-order valence-electron chi connectivity index (χ2n) is 5.15. The van der Waals surface area contributed by atoms with Crippen LogP contribution in [-0.2, 0) is 6.54 Å². The lowest BCUT2D eigenvalue weighted by Gasteiger charge is -2.16. The van der Waals surface area contributed by atoms with Crippen LogP contribution in [0.5, 0.6) is 0 Å². The van der Waals surface area contributed by atoms with Gasteiger partial charge >= 0.3 is 0 Å². The van der Waals surface area contributed by atoms with Gasteiger partial charge in [-0.1, -0.05) is 24.3 Å². The number of benzene rings is 2. The fourth-order valence-electron chi connectivity index (χ4n) is 2.17. The van der Waals surface area contributed by atoms with Crippen LogP contribution >= 0.6 is 0 Å². The molecule has 3 heteroatoms. The molecule has 0 fully saturated rings. The van der Waals surface area contributed by atoms with Crippen molar-refractivity contribution in [3.05, 3.63) is 70.3 Å². The zero-order chi connectivity index (χ0) is 14.7. The summed E-state index contributed by atoms with van der Waals surface area (Å²) in [6.07, 6.45) is 0. The smallest absolute Gasteiger partial charge is 0.128 e.